The number of fused-ring (bicyclic) bond motifs is 1. The number of aromatic nitrogens is 2. The molecule has 0 aliphatic rings. The number of hydrogen-bond acceptors (Lipinski definition) is 1. The lowest BCUT2D eigenvalue weighted by atomic mass is 10.2. The smallest absolute Gasteiger partial charge is 0.182 e. The van der Waals surface area contributed by atoms with Crippen LogP contribution in [0.15, 0.2) is 45.3 Å². The summed E-state index contributed by atoms with van der Waals surface area (Å²) in [6.45, 7) is 0. The van der Waals surface area contributed by atoms with E-state index < -0.39 is 0 Å². The van der Waals surface area contributed by atoms with Crippen LogP contribution in [0.3, 0.4) is 0 Å². The lowest BCUT2D eigenvalue weighted by molar-refractivity contribution is 0.618. The predicted octanol–water partition coefficient (Wildman–Crippen LogP) is 5.35. The molecule has 1 aromatic heterocycles. The topological polar surface area (TPSA) is 20.7 Å². The fourth-order valence-electron chi connectivity index (χ4n) is 1.98. The largest absolute Gasteiger partial charge is 0.330 e. The Kier molecular flexibility index (Phi) is 3.32. The molecule has 3 aromatic rings. The standard InChI is InChI=1S/C13H7Br2FN2S/c14-7-2-4-11(9(16)5-7)18-12-6-8(15)1-3-10(12)17-13(18)19/h1-6H,(H,17,19). The molecule has 0 radical (unpaired) electrons. The zero-order valence-electron chi connectivity index (χ0n) is 9.45. The number of nitrogens with one attached hydrogen (secondary N) is 1. The summed E-state index contributed by atoms with van der Waals surface area (Å²) in [5, 5.41) is 0. The van der Waals surface area contributed by atoms with Gasteiger partial charge >= 0.3 is 0 Å². The van der Waals surface area contributed by atoms with Gasteiger partial charge in [-0.3, -0.25) is 4.57 Å². The number of benzene rings is 2. The van der Waals surface area contributed by atoms with Crippen LogP contribution in [-0.2, 0) is 0 Å². The summed E-state index contributed by atoms with van der Waals surface area (Å²) in [5.41, 5.74) is 2.13. The first-order valence-electron chi connectivity index (χ1n) is 5.42. The minimum Gasteiger partial charge on any atom is -0.330 e. The van der Waals surface area contributed by atoms with Gasteiger partial charge in [0, 0.05) is 8.95 Å². The van der Waals surface area contributed by atoms with Crippen molar-refractivity contribution in [1.82, 2.24) is 9.55 Å². The molecule has 0 saturated heterocycles. The second-order valence-electron chi connectivity index (χ2n) is 4.02. The van der Waals surface area contributed by atoms with E-state index in [1.807, 2.05) is 18.2 Å². The minimum absolute atomic E-state index is 0.327. The maximum absolute atomic E-state index is 14.1. The fraction of sp³-hybridized carbons (Fsp3) is 0. The van der Waals surface area contributed by atoms with Crippen molar-refractivity contribution >= 4 is 55.1 Å². The van der Waals surface area contributed by atoms with Gasteiger partial charge in [0.2, 0.25) is 0 Å². The highest BCUT2D eigenvalue weighted by Gasteiger charge is 2.11. The number of nitrogens with zero attached hydrogens (tertiary/aromatic N) is 1. The lowest BCUT2D eigenvalue weighted by Crippen LogP contribution is -1.97. The van der Waals surface area contributed by atoms with Crippen LogP contribution in [0.4, 0.5) is 4.39 Å². The van der Waals surface area contributed by atoms with Gasteiger partial charge in [-0.05, 0) is 48.6 Å². The third-order valence-corrected chi connectivity index (χ3v) is 4.07. The molecule has 0 amide bonds. The molecular formula is C13H7Br2FN2S. The lowest BCUT2D eigenvalue weighted by Gasteiger charge is -2.06. The average molecular weight is 402 g/mol. The Hall–Kier alpha value is -0.980. The van der Waals surface area contributed by atoms with Gasteiger partial charge in [-0.1, -0.05) is 31.9 Å². The van der Waals surface area contributed by atoms with Gasteiger partial charge in [0.1, 0.15) is 5.82 Å². The summed E-state index contributed by atoms with van der Waals surface area (Å²) in [6.07, 6.45) is 0. The highest BCUT2D eigenvalue weighted by molar-refractivity contribution is 9.10. The molecule has 3 rings (SSSR count). The van der Waals surface area contributed by atoms with Gasteiger partial charge in [-0.2, -0.15) is 0 Å². The Morgan fingerprint density at radius 1 is 1.05 bits per heavy atom. The quantitative estimate of drug-likeness (QED) is 0.545. The summed E-state index contributed by atoms with van der Waals surface area (Å²) >= 11 is 11.9. The van der Waals surface area contributed by atoms with E-state index >= 15 is 0 Å². The monoisotopic (exact) mass is 400 g/mol. The van der Waals surface area contributed by atoms with Crippen LogP contribution in [0.2, 0.25) is 0 Å². The van der Waals surface area contributed by atoms with Crippen LogP contribution in [0.25, 0.3) is 16.7 Å². The molecule has 0 bridgehead atoms. The Balaban J connectivity index is 2.38. The van der Waals surface area contributed by atoms with Crippen molar-refractivity contribution in [3.05, 3.63) is 55.9 Å². The van der Waals surface area contributed by atoms with E-state index in [0.717, 1.165) is 15.5 Å². The predicted molar refractivity (Wildman–Crippen MR) is 83.8 cm³/mol. The van der Waals surface area contributed by atoms with E-state index in [9.17, 15) is 4.39 Å². The van der Waals surface area contributed by atoms with Crippen molar-refractivity contribution in [2.24, 2.45) is 0 Å². The van der Waals surface area contributed by atoms with Crippen molar-refractivity contribution < 1.29 is 4.39 Å². The highest BCUT2D eigenvalue weighted by atomic mass is 79.9. The molecule has 19 heavy (non-hydrogen) atoms. The van der Waals surface area contributed by atoms with Crippen LogP contribution in [-0.4, -0.2) is 9.55 Å². The molecule has 0 aliphatic heterocycles. The molecular weight excluding hydrogens is 395 g/mol. The Morgan fingerprint density at radius 2 is 1.74 bits per heavy atom. The van der Waals surface area contributed by atoms with Crippen molar-refractivity contribution in [3.63, 3.8) is 0 Å². The van der Waals surface area contributed by atoms with Crippen molar-refractivity contribution in [2.75, 3.05) is 0 Å². The van der Waals surface area contributed by atoms with Crippen LogP contribution in [0, 0.1) is 10.6 Å². The van der Waals surface area contributed by atoms with Gasteiger partial charge in [0.25, 0.3) is 0 Å². The van der Waals surface area contributed by atoms with Gasteiger partial charge in [-0.25, -0.2) is 4.39 Å². The molecule has 1 heterocycles. The summed E-state index contributed by atoms with van der Waals surface area (Å²) in [5.74, 6) is -0.327. The van der Waals surface area contributed by atoms with E-state index in [4.69, 9.17) is 12.2 Å². The first kappa shape index (κ1) is 13.0. The zero-order chi connectivity index (χ0) is 13.6. The Morgan fingerprint density at radius 3 is 2.47 bits per heavy atom. The summed E-state index contributed by atoms with van der Waals surface area (Å²) in [6, 6.07) is 10.6. The molecule has 0 saturated carbocycles. The third-order valence-electron chi connectivity index (χ3n) is 2.80. The van der Waals surface area contributed by atoms with Gasteiger partial charge in [0.05, 0.1) is 16.7 Å². The van der Waals surface area contributed by atoms with E-state index in [2.05, 4.69) is 36.8 Å². The SMILES string of the molecule is Fc1cc(Br)ccc1-n1c(=S)[nH]c2ccc(Br)cc21. The van der Waals surface area contributed by atoms with Gasteiger partial charge < -0.3 is 4.98 Å². The number of hydrogen-bond donors (Lipinski definition) is 1. The van der Waals surface area contributed by atoms with E-state index in [1.165, 1.54) is 6.07 Å². The van der Waals surface area contributed by atoms with Crippen molar-refractivity contribution in [1.29, 1.82) is 0 Å². The molecule has 1 N–H and O–H groups in total. The maximum atomic E-state index is 14.1. The van der Waals surface area contributed by atoms with E-state index in [-0.39, 0.29) is 5.82 Å². The number of rotatable bonds is 1. The van der Waals surface area contributed by atoms with Gasteiger partial charge in [-0.15, -0.1) is 0 Å². The average Bonchev–Trinajstić information content (AvgIpc) is 2.65. The van der Waals surface area contributed by atoms with Crippen LogP contribution in [0.1, 0.15) is 0 Å². The summed E-state index contributed by atoms with van der Waals surface area (Å²) in [4.78, 5) is 3.07. The molecule has 0 fully saturated rings. The van der Waals surface area contributed by atoms with E-state index in [0.29, 0.717) is 14.9 Å². The molecule has 0 aliphatic carbocycles. The van der Waals surface area contributed by atoms with Crippen LogP contribution in [0.5, 0.6) is 0 Å². The molecule has 2 aromatic carbocycles. The summed E-state index contributed by atoms with van der Waals surface area (Å²) < 4.78 is 17.9. The molecule has 2 nitrogen and oxygen atoms in total. The Bertz CT molecular complexity index is 838. The molecule has 0 unspecified atom stereocenters. The number of halogens is 3. The second-order valence-corrected chi connectivity index (χ2v) is 6.24. The molecule has 96 valence electrons. The zero-order valence-corrected chi connectivity index (χ0v) is 13.4. The minimum atomic E-state index is -0.327. The summed E-state index contributed by atoms with van der Waals surface area (Å²) in [7, 11) is 0. The normalized spacial score (nSPS) is 11.1. The Labute approximate surface area is 130 Å². The second kappa shape index (κ2) is 4.85. The fourth-order valence-corrected chi connectivity index (χ4v) is 2.97. The third kappa shape index (κ3) is 2.28. The first-order valence-corrected chi connectivity index (χ1v) is 7.41. The van der Waals surface area contributed by atoms with E-state index in [1.54, 1.807) is 16.7 Å². The molecule has 6 heteroatoms. The van der Waals surface area contributed by atoms with Crippen LogP contribution >= 0.6 is 44.1 Å². The van der Waals surface area contributed by atoms with Crippen molar-refractivity contribution in [2.45, 2.75) is 0 Å². The molecule has 0 atom stereocenters. The number of aromatic amines is 1. The number of imidazole rings is 1. The van der Waals surface area contributed by atoms with Crippen molar-refractivity contribution in [3.8, 4) is 5.69 Å². The van der Waals surface area contributed by atoms with Gasteiger partial charge in [0.15, 0.2) is 4.77 Å². The molecule has 0 spiro atoms. The highest BCUT2D eigenvalue weighted by Crippen LogP contribution is 2.26. The first-order chi connectivity index (χ1) is 9.06. The number of H-pyrrole nitrogens is 1. The van der Waals surface area contributed by atoms with Crippen LogP contribution < -0.4 is 0 Å². The maximum Gasteiger partial charge on any atom is 0.182 e.